The average Bonchev–Trinajstić information content (AvgIpc) is 3.18. The van der Waals surface area contributed by atoms with Crippen molar-refractivity contribution in [2.75, 3.05) is 20.2 Å². The largest absolute Gasteiger partial charge is 0.497 e. The summed E-state index contributed by atoms with van der Waals surface area (Å²) in [5.41, 5.74) is 1.84. The molecule has 1 heterocycles. The summed E-state index contributed by atoms with van der Waals surface area (Å²) < 4.78 is 18.3. The molecular formula is C22H25FN2O3. The molecule has 28 heavy (non-hydrogen) atoms. The summed E-state index contributed by atoms with van der Waals surface area (Å²) in [5.74, 6) is -0.0115. The van der Waals surface area contributed by atoms with Gasteiger partial charge in [0.2, 0.25) is 11.8 Å². The Balaban J connectivity index is 1.74. The van der Waals surface area contributed by atoms with Gasteiger partial charge in [-0.3, -0.25) is 9.59 Å². The first-order valence-corrected chi connectivity index (χ1v) is 9.45. The molecule has 2 aromatic rings. The molecule has 2 atom stereocenters. The Morgan fingerprint density at radius 1 is 1.11 bits per heavy atom. The van der Waals surface area contributed by atoms with Crippen LogP contribution in [0.1, 0.15) is 30.4 Å². The number of nitrogens with zero attached hydrogens (tertiary/aromatic N) is 1. The van der Waals surface area contributed by atoms with Gasteiger partial charge in [0.15, 0.2) is 0 Å². The molecule has 0 unspecified atom stereocenters. The molecule has 0 radical (unpaired) electrons. The molecule has 148 valence electrons. The molecule has 0 spiro atoms. The van der Waals surface area contributed by atoms with Crippen LogP contribution in [-0.4, -0.2) is 36.9 Å². The summed E-state index contributed by atoms with van der Waals surface area (Å²) in [6.45, 7) is 3.07. The molecule has 1 saturated heterocycles. The number of rotatable bonds is 6. The number of hydrogen-bond donors (Lipinski definition) is 1. The predicted octanol–water partition coefficient (Wildman–Crippen LogP) is 3.10. The van der Waals surface area contributed by atoms with Gasteiger partial charge in [0.1, 0.15) is 11.6 Å². The summed E-state index contributed by atoms with van der Waals surface area (Å²) in [6.07, 6.45) is 0.416. The normalized spacial score (nSPS) is 18.8. The molecule has 0 bridgehead atoms. The number of nitrogens with one attached hydrogen (secondary N) is 1. The van der Waals surface area contributed by atoms with Crippen molar-refractivity contribution in [3.05, 3.63) is 65.5 Å². The fourth-order valence-electron chi connectivity index (χ4n) is 3.61. The summed E-state index contributed by atoms with van der Waals surface area (Å²) in [4.78, 5) is 26.9. The number of methoxy groups -OCH3 is 1. The van der Waals surface area contributed by atoms with E-state index in [1.165, 1.54) is 12.1 Å². The number of likely N-dealkylation sites (tertiary alicyclic amines) is 1. The number of carbonyl (C=O) groups excluding carboxylic acids is 2. The summed E-state index contributed by atoms with van der Waals surface area (Å²) in [5, 5.41) is 2.94. The first-order chi connectivity index (χ1) is 13.5. The zero-order chi connectivity index (χ0) is 20.1. The van der Waals surface area contributed by atoms with Crippen molar-refractivity contribution in [2.45, 2.75) is 25.8 Å². The molecule has 2 aromatic carbocycles. The first kappa shape index (κ1) is 19.9. The monoisotopic (exact) mass is 384 g/mol. The van der Waals surface area contributed by atoms with Crippen molar-refractivity contribution in [3.8, 4) is 5.75 Å². The van der Waals surface area contributed by atoms with Gasteiger partial charge in [-0.15, -0.1) is 0 Å². The molecule has 1 N–H and O–H groups in total. The van der Waals surface area contributed by atoms with E-state index in [0.29, 0.717) is 26.1 Å². The fourth-order valence-corrected chi connectivity index (χ4v) is 3.61. The van der Waals surface area contributed by atoms with Crippen LogP contribution < -0.4 is 10.1 Å². The summed E-state index contributed by atoms with van der Waals surface area (Å²) in [7, 11) is 1.61. The van der Waals surface area contributed by atoms with Gasteiger partial charge in [0, 0.05) is 32.0 Å². The lowest BCUT2D eigenvalue weighted by Crippen LogP contribution is -2.35. The van der Waals surface area contributed by atoms with E-state index in [-0.39, 0.29) is 29.5 Å². The maximum absolute atomic E-state index is 13.0. The van der Waals surface area contributed by atoms with E-state index in [4.69, 9.17) is 4.74 Å². The lowest BCUT2D eigenvalue weighted by molar-refractivity contribution is -0.130. The van der Waals surface area contributed by atoms with E-state index in [9.17, 15) is 14.0 Å². The van der Waals surface area contributed by atoms with Crippen molar-refractivity contribution in [3.63, 3.8) is 0 Å². The second-order valence-electron chi connectivity index (χ2n) is 6.98. The Morgan fingerprint density at radius 2 is 1.79 bits per heavy atom. The van der Waals surface area contributed by atoms with Crippen LogP contribution in [0.25, 0.3) is 0 Å². The van der Waals surface area contributed by atoms with Crippen molar-refractivity contribution < 1.29 is 18.7 Å². The highest BCUT2D eigenvalue weighted by Crippen LogP contribution is 2.34. The number of amides is 2. The third-order valence-corrected chi connectivity index (χ3v) is 5.24. The SMILES string of the molecule is CCC(=O)N1C[C@H](C(=O)NCc2ccc(F)cc2)[C@H](c2ccc(OC)cc2)C1. The second-order valence-corrected chi connectivity index (χ2v) is 6.98. The van der Waals surface area contributed by atoms with Gasteiger partial charge in [-0.25, -0.2) is 4.39 Å². The van der Waals surface area contributed by atoms with Gasteiger partial charge in [0.25, 0.3) is 0 Å². The standard InChI is InChI=1S/C22H25FN2O3/c1-3-21(26)25-13-19(16-6-10-18(28-2)11-7-16)20(14-25)22(27)24-12-15-4-8-17(23)9-5-15/h4-11,19-20H,3,12-14H2,1-2H3,(H,24,27)/t19-,20-/m0/s1. The van der Waals surface area contributed by atoms with E-state index in [1.807, 2.05) is 31.2 Å². The molecule has 3 rings (SSSR count). The highest BCUT2D eigenvalue weighted by Gasteiger charge is 2.39. The lowest BCUT2D eigenvalue weighted by atomic mass is 9.88. The highest BCUT2D eigenvalue weighted by atomic mass is 19.1. The Bertz CT molecular complexity index is 821. The third-order valence-electron chi connectivity index (χ3n) is 5.24. The molecule has 1 aliphatic rings. The maximum atomic E-state index is 13.0. The molecule has 2 amide bonds. The second kappa shape index (κ2) is 8.87. The lowest BCUT2D eigenvalue weighted by Gasteiger charge is -2.18. The zero-order valence-electron chi connectivity index (χ0n) is 16.2. The van der Waals surface area contributed by atoms with Crippen LogP contribution in [-0.2, 0) is 16.1 Å². The van der Waals surface area contributed by atoms with Crippen molar-refractivity contribution in [2.24, 2.45) is 5.92 Å². The Morgan fingerprint density at radius 3 is 2.39 bits per heavy atom. The maximum Gasteiger partial charge on any atom is 0.225 e. The van der Waals surface area contributed by atoms with Gasteiger partial charge in [-0.05, 0) is 35.4 Å². The van der Waals surface area contributed by atoms with E-state index >= 15 is 0 Å². The van der Waals surface area contributed by atoms with Gasteiger partial charge in [-0.2, -0.15) is 0 Å². The molecule has 0 saturated carbocycles. The molecule has 0 aromatic heterocycles. The van der Waals surface area contributed by atoms with Crippen molar-refractivity contribution in [1.29, 1.82) is 0 Å². The first-order valence-electron chi connectivity index (χ1n) is 9.45. The Hall–Kier alpha value is -2.89. The number of hydrogen-bond acceptors (Lipinski definition) is 3. The average molecular weight is 384 g/mol. The number of benzene rings is 2. The van der Waals surface area contributed by atoms with E-state index in [0.717, 1.165) is 16.9 Å². The van der Waals surface area contributed by atoms with Crippen LogP contribution in [0.5, 0.6) is 5.75 Å². The minimum absolute atomic E-state index is 0.0485. The van der Waals surface area contributed by atoms with Crippen LogP contribution in [0.2, 0.25) is 0 Å². The van der Waals surface area contributed by atoms with E-state index in [1.54, 1.807) is 24.1 Å². The summed E-state index contributed by atoms with van der Waals surface area (Å²) in [6, 6.07) is 13.7. The molecular weight excluding hydrogens is 359 g/mol. The summed E-state index contributed by atoms with van der Waals surface area (Å²) >= 11 is 0. The van der Waals surface area contributed by atoms with E-state index < -0.39 is 0 Å². The van der Waals surface area contributed by atoms with Gasteiger partial charge in [-0.1, -0.05) is 31.2 Å². The van der Waals surface area contributed by atoms with Crippen LogP contribution >= 0.6 is 0 Å². The molecule has 1 aliphatic heterocycles. The minimum Gasteiger partial charge on any atom is -0.497 e. The van der Waals surface area contributed by atoms with Crippen LogP contribution in [0.3, 0.4) is 0 Å². The van der Waals surface area contributed by atoms with Crippen LogP contribution in [0, 0.1) is 11.7 Å². The van der Waals surface area contributed by atoms with Crippen molar-refractivity contribution >= 4 is 11.8 Å². The number of halogens is 1. The zero-order valence-corrected chi connectivity index (χ0v) is 16.2. The molecule has 1 fully saturated rings. The van der Waals surface area contributed by atoms with Gasteiger partial charge < -0.3 is 15.0 Å². The van der Waals surface area contributed by atoms with Crippen LogP contribution in [0.4, 0.5) is 4.39 Å². The topological polar surface area (TPSA) is 58.6 Å². The Labute approximate surface area is 164 Å². The third kappa shape index (κ3) is 4.50. The number of ether oxygens (including phenoxy) is 1. The Kier molecular flexibility index (Phi) is 6.29. The van der Waals surface area contributed by atoms with Gasteiger partial charge in [0.05, 0.1) is 13.0 Å². The molecule has 0 aliphatic carbocycles. The predicted molar refractivity (Wildman–Crippen MR) is 104 cm³/mol. The highest BCUT2D eigenvalue weighted by molar-refractivity contribution is 5.83. The van der Waals surface area contributed by atoms with Gasteiger partial charge >= 0.3 is 0 Å². The van der Waals surface area contributed by atoms with Crippen LogP contribution in [0.15, 0.2) is 48.5 Å². The van der Waals surface area contributed by atoms with Crippen molar-refractivity contribution in [1.82, 2.24) is 10.2 Å². The molecule has 5 nitrogen and oxygen atoms in total. The quantitative estimate of drug-likeness (QED) is 0.833. The minimum atomic E-state index is -0.329. The fraction of sp³-hybridized carbons (Fsp3) is 0.364. The molecule has 6 heteroatoms. The number of carbonyl (C=O) groups is 2. The smallest absolute Gasteiger partial charge is 0.225 e. The van der Waals surface area contributed by atoms with E-state index in [2.05, 4.69) is 5.32 Å².